The molecule has 0 aliphatic carbocycles. The molecule has 0 bridgehead atoms. The summed E-state index contributed by atoms with van der Waals surface area (Å²) in [5.74, 6) is -0.239. The highest BCUT2D eigenvalue weighted by atomic mass is 16.1. The summed E-state index contributed by atoms with van der Waals surface area (Å²) in [6.45, 7) is 3.76. The van der Waals surface area contributed by atoms with Crippen LogP contribution < -0.4 is 10.9 Å². The van der Waals surface area contributed by atoms with Crippen LogP contribution in [0.2, 0.25) is 0 Å². The Morgan fingerprint density at radius 3 is 2.72 bits per heavy atom. The lowest BCUT2D eigenvalue weighted by molar-refractivity contribution is 0.102. The SMILES string of the molecule is CCCc1c(C(=O)Nc2c[nH]c(=O)c(C)c2)cnn1-c1ccccc1. The fourth-order valence-corrected chi connectivity index (χ4v) is 2.70. The lowest BCUT2D eigenvalue weighted by atomic mass is 10.1. The largest absolute Gasteiger partial charge is 0.327 e. The van der Waals surface area contributed by atoms with Crippen LogP contribution in [0.1, 0.15) is 35.0 Å². The smallest absolute Gasteiger partial charge is 0.259 e. The molecule has 0 saturated carbocycles. The van der Waals surface area contributed by atoms with E-state index in [9.17, 15) is 9.59 Å². The zero-order valence-corrected chi connectivity index (χ0v) is 14.2. The number of carbonyl (C=O) groups is 1. The summed E-state index contributed by atoms with van der Waals surface area (Å²) in [5, 5.41) is 7.22. The highest BCUT2D eigenvalue weighted by Gasteiger charge is 2.18. The Kier molecular flexibility index (Phi) is 4.79. The number of hydrogen-bond donors (Lipinski definition) is 2. The molecule has 0 unspecified atom stereocenters. The Balaban J connectivity index is 1.93. The number of aromatic nitrogens is 3. The number of benzene rings is 1. The van der Waals surface area contributed by atoms with Gasteiger partial charge in [0.25, 0.3) is 11.5 Å². The summed E-state index contributed by atoms with van der Waals surface area (Å²) in [7, 11) is 0. The first kappa shape index (κ1) is 16.7. The third-order valence-electron chi connectivity index (χ3n) is 3.95. The van der Waals surface area contributed by atoms with Crippen molar-refractivity contribution in [1.29, 1.82) is 0 Å². The van der Waals surface area contributed by atoms with Gasteiger partial charge in [0, 0.05) is 11.8 Å². The Bertz CT molecular complexity index is 942. The number of nitrogens with one attached hydrogen (secondary N) is 2. The van der Waals surface area contributed by atoms with Gasteiger partial charge < -0.3 is 10.3 Å². The molecule has 2 N–H and O–H groups in total. The van der Waals surface area contributed by atoms with E-state index in [1.165, 1.54) is 6.20 Å². The first-order valence-corrected chi connectivity index (χ1v) is 8.23. The number of rotatable bonds is 5. The molecule has 25 heavy (non-hydrogen) atoms. The second-order valence-corrected chi connectivity index (χ2v) is 5.86. The lowest BCUT2D eigenvalue weighted by Crippen LogP contribution is -2.17. The Morgan fingerprint density at radius 1 is 1.28 bits per heavy atom. The van der Waals surface area contributed by atoms with E-state index in [-0.39, 0.29) is 11.5 Å². The Labute approximate surface area is 145 Å². The van der Waals surface area contributed by atoms with Gasteiger partial charge in [-0.15, -0.1) is 0 Å². The maximum atomic E-state index is 12.7. The molecule has 0 aliphatic rings. The van der Waals surface area contributed by atoms with Crippen molar-refractivity contribution in [2.45, 2.75) is 26.7 Å². The number of H-pyrrole nitrogens is 1. The number of amides is 1. The van der Waals surface area contributed by atoms with Crippen LogP contribution >= 0.6 is 0 Å². The molecule has 0 saturated heterocycles. The van der Waals surface area contributed by atoms with Gasteiger partial charge in [-0.25, -0.2) is 4.68 Å². The molecule has 6 heteroatoms. The van der Waals surface area contributed by atoms with Crippen LogP contribution in [0.4, 0.5) is 5.69 Å². The van der Waals surface area contributed by atoms with E-state index >= 15 is 0 Å². The van der Waals surface area contributed by atoms with E-state index in [0.29, 0.717) is 16.8 Å². The van der Waals surface area contributed by atoms with E-state index in [1.807, 2.05) is 30.3 Å². The monoisotopic (exact) mass is 336 g/mol. The van der Waals surface area contributed by atoms with Gasteiger partial charge in [0.1, 0.15) is 0 Å². The third kappa shape index (κ3) is 3.52. The van der Waals surface area contributed by atoms with Crippen molar-refractivity contribution >= 4 is 11.6 Å². The van der Waals surface area contributed by atoms with Crippen molar-refractivity contribution in [3.63, 3.8) is 0 Å². The Hall–Kier alpha value is -3.15. The van der Waals surface area contributed by atoms with Gasteiger partial charge in [0.15, 0.2) is 0 Å². The molecule has 0 fully saturated rings. The van der Waals surface area contributed by atoms with Crippen LogP contribution in [-0.2, 0) is 6.42 Å². The minimum atomic E-state index is -0.239. The second-order valence-electron chi connectivity index (χ2n) is 5.86. The number of carbonyl (C=O) groups excluding carboxylic acids is 1. The van der Waals surface area contributed by atoms with Gasteiger partial charge in [-0.3, -0.25) is 9.59 Å². The maximum absolute atomic E-state index is 12.7. The number of aromatic amines is 1. The molecular weight excluding hydrogens is 316 g/mol. The van der Waals surface area contributed by atoms with Crippen LogP contribution in [0.3, 0.4) is 0 Å². The van der Waals surface area contributed by atoms with Crippen LogP contribution in [0, 0.1) is 6.92 Å². The molecule has 2 heterocycles. The molecule has 2 aromatic heterocycles. The van der Waals surface area contributed by atoms with E-state index in [2.05, 4.69) is 22.3 Å². The highest BCUT2D eigenvalue weighted by Crippen LogP contribution is 2.18. The van der Waals surface area contributed by atoms with Crippen molar-refractivity contribution in [2.75, 3.05) is 5.32 Å². The topological polar surface area (TPSA) is 79.8 Å². The number of pyridine rings is 1. The maximum Gasteiger partial charge on any atom is 0.259 e. The molecule has 3 aromatic rings. The van der Waals surface area contributed by atoms with Crippen LogP contribution in [0.15, 0.2) is 53.6 Å². The predicted octanol–water partition coefficient (Wildman–Crippen LogP) is 3.07. The van der Waals surface area contributed by atoms with Crippen molar-refractivity contribution in [2.24, 2.45) is 0 Å². The van der Waals surface area contributed by atoms with E-state index in [0.717, 1.165) is 24.2 Å². The fraction of sp³-hybridized carbons (Fsp3) is 0.211. The first-order valence-electron chi connectivity index (χ1n) is 8.23. The summed E-state index contributed by atoms with van der Waals surface area (Å²) >= 11 is 0. The average Bonchev–Trinajstić information content (AvgIpc) is 3.03. The quantitative estimate of drug-likeness (QED) is 0.751. The van der Waals surface area contributed by atoms with Gasteiger partial charge in [0.2, 0.25) is 0 Å². The molecule has 6 nitrogen and oxygen atoms in total. The molecule has 1 aromatic carbocycles. The van der Waals surface area contributed by atoms with E-state index < -0.39 is 0 Å². The standard InChI is InChI=1S/C19H20N4O2/c1-3-7-17-16(12-21-23(17)15-8-5-4-6-9-15)19(25)22-14-10-13(2)18(24)20-11-14/h4-6,8-12H,3,7H2,1-2H3,(H,20,24)(H,22,25). The predicted molar refractivity (Wildman–Crippen MR) is 97.3 cm³/mol. The summed E-state index contributed by atoms with van der Waals surface area (Å²) < 4.78 is 1.80. The van der Waals surface area contributed by atoms with Gasteiger partial charge in [0.05, 0.1) is 28.8 Å². The number of para-hydroxylation sites is 1. The van der Waals surface area contributed by atoms with Crippen LogP contribution in [0.5, 0.6) is 0 Å². The number of aryl methyl sites for hydroxylation is 1. The average molecular weight is 336 g/mol. The van der Waals surface area contributed by atoms with E-state index in [1.54, 1.807) is 23.9 Å². The molecule has 3 rings (SSSR count). The molecule has 0 radical (unpaired) electrons. The number of hydrogen-bond acceptors (Lipinski definition) is 3. The van der Waals surface area contributed by atoms with E-state index in [4.69, 9.17) is 0 Å². The minimum Gasteiger partial charge on any atom is -0.327 e. The molecule has 128 valence electrons. The van der Waals surface area contributed by atoms with Crippen molar-refractivity contribution in [3.8, 4) is 5.69 Å². The highest BCUT2D eigenvalue weighted by molar-refractivity contribution is 6.05. The van der Waals surface area contributed by atoms with Crippen molar-refractivity contribution in [3.05, 3.63) is 76.0 Å². The molecule has 0 atom stereocenters. The van der Waals surface area contributed by atoms with Gasteiger partial charge >= 0.3 is 0 Å². The number of nitrogens with zero attached hydrogens (tertiary/aromatic N) is 2. The van der Waals surface area contributed by atoms with Gasteiger partial charge in [-0.1, -0.05) is 31.5 Å². The number of anilines is 1. The summed E-state index contributed by atoms with van der Waals surface area (Å²) in [6.07, 6.45) is 4.72. The first-order chi connectivity index (χ1) is 12.1. The Morgan fingerprint density at radius 2 is 2.04 bits per heavy atom. The zero-order chi connectivity index (χ0) is 17.8. The lowest BCUT2D eigenvalue weighted by Gasteiger charge is -2.09. The van der Waals surface area contributed by atoms with Crippen molar-refractivity contribution in [1.82, 2.24) is 14.8 Å². The molecule has 0 aliphatic heterocycles. The second kappa shape index (κ2) is 7.17. The normalized spacial score (nSPS) is 10.6. The fourth-order valence-electron chi connectivity index (χ4n) is 2.70. The van der Waals surface area contributed by atoms with Gasteiger partial charge in [-0.05, 0) is 31.5 Å². The van der Waals surface area contributed by atoms with Crippen molar-refractivity contribution < 1.29 is 4.79 Å². The summed E-state index contributed by atoms with van der Waals surface area (Å²) in [6, 6.07) is 11.4. The molecular formula is C19H20N4O2. The van der Waals surface area contributed by atoms with Crippen LogP contribution in [-0.4, -0.2) is 20.7 Å². The zero-order valence-electron chi connectivity index (χ0n) is 14.2. The summed E-state index contributed by atoms with van der Waals surface area (Å²) in [5.41, 5.74) is 3.26. The third-order valence-corrected chi connectivity index (χ3v) is 3.95. The van der Waals surface area contributed by atoms with Crippen LogP contribution in [0.25, 0.3) is 5.69 Å². The molecule has 1 amide bonds. The minimum absolute atomic E-state index is 0.165. The summed E-state index contributed by atoms with van der Waals surface area (Å²) in [4.78, 5) is 26.7. The van der Waals surface area contributed by atoms with Gasteiger partial charge in [-0.2, -0.15) is 5.10 Å². The molecule has 0 spiro atoms.